The van der Waals surface area contributed by atoms with Crippen molar-refractivity contribution in [3.8, 4) is 0 Å². The number of hydrogen-bond acceptors (Lipinski definition) is 3. The Bertz CT molecular complexity index is 942. The molecule has 1 aliphatic rings. The van der Waals surface area contributed by atoms with Crippen molar-refractivity contribution < 1.29 is 13.2 Å². The first-order valence-electron chi connectivity index (χ1n) is 10.2. The number of piperidine rings is 1. The van der Waals surface area contributed by atoms with Crippen LogP contribution in [0.15, 0.2) is 47.4 Å². The largest absolute Gasteiger partial charge is 0.315 e. The number of carbonyl (C=O) groups is 1. The molecule has 1 aliphatic heterocycles. The molecule has 29 heavy (non-hydrogen) atoms. The Kier molecular flexibility index (Phi) is 6.75. The minimum atomic E-state index is -3.41. The molecule has 0 aromatic heterocycles. The Hall–Kier alpha value is -2.18. The highest BCUT2D eigenvalue weighted by atomic mass is 32.2. The molecule has 0 bridgehead atoms. The zero-order chi connectivity index (χ0) is 21.0. The quantitative estimate of drug-likeness (QED) is 0.716. The second-order valence-electron chi connectivity index (χ2n) is 7.91. The van der Waals surface area contributed by atoms with Gasteiger partial charge < -0.3 is 4.90 Å². The van der Waals surface area contributed by atoms with Gasteiger partial charge in [0.1, 0.15) is 0 Å². The topological polar surface area (TPSA) is 57.7 Å². The third-order valence-electron chi connectivity index (χ3n) is 5.47. The van der Waals surface area contributed by atoms with Crippen molar-refractivity contribution >= 4 is 21.6 Å². The molecule has 0 saturated carbocycles. The van der Waals surface area contributed by atoms with E-state index in [1.165, 1.54) is 0 Å². The lowest BCUT2D eigenvalue weighted by molar-refractivity contribution is -0.118. The van der Waals surface area contributed by atoms with Crippen LogP contribution in [0.25, 0.3) is 0 Å². The van der Waals surface area contributed by atoms with Gasteiger partial charge in [-0.25, -0.2) is 8.42 Å². The second-order valence-corrected chi connectivity index (χ2v) is 9.85. The SMILES string of the molecule is Cc1cc(C)cc(N(C)C(=O)CCc2ccc(S(=O)(=O)N3CCCCC3)cc2)c1. The molecule has 0 atom stereocenters. The van der Waals surface area contributed by atoms with Crippen molar-refractivity contribution in [1.29, 1.82) is 0 Å². The van der Waals surface area contributed by atoms with Gasteiger partial charge in [0.25, 0.3) is 0 Å². The Morgan fingerprint density at radius 1 is 0.966 bits per heavy atom. The van der Waals surface area contributed by atoms with Gasteiger partial charge in [-0.2, -0.15) is 4.31 Å². The Morgan fingerprint density at radius 2 is 1.55 bits per heavy atom. The summed E-state index contributed by atoms with van der Waals surface area (Å²) in [6.07, 6.45) is 3.90. The predicted octanol–water partition coefficient (Wildman–Crippen LogP) is 4.07. The van der Waals surface area contributed by atoms with Crippen LogP contribution in [-0.4, -0.2) is 38.8 Å². The zero-order valence-electron chi connectivity index (χ0n) is 17.5. The highest BCUT2D eigenvalue weighted by molar-refractivity contribution is 7.89. The van der Waals surface area contributed by atoms with Gasteiger partial charge in [-0.3, -0.25) is 4.79 Å². The van der Waals surface area contributed by atoms with Crippen LogP contribution in [0.2, 0.25) is 0 Å². The molecular formula is C23H30N2O3S. The van der Waals surface area contributed by atoms with Crippen molar-refractivity contribution in [3.63, 3.8) is 0 Å². The number of carbonyl (C=O) groups excluding carboxylic acids is 1. The van der Waals surface area contributed by atoms with E-state index >= 15 is 0 Å². The van der Waals surface area contributed by atoms with E-state index in [-0.39, 0.29) is 5.91 Å². The van der Waals surface area contributed by atoms with Gasteiger partial charge in [-0.15, -0.1) is 0 Å². The summed E-state index contributed by atoms with van der Waals surface area (Å²) < 4.78 is 27.0. The Morgan fingerprint density at radius 3 is 2.14 bits per heavy atom. The molecule has 0 aliphatic carbocycles. The minimum absolute atomic E-state index is 0.0417. The number of sulfonamides is 1. The lowest BCUT2D eigenvalue weighted by Gasteiger charge is -2.25. The van der Waals surface area contributed by atoms with Crippen molar-refractivity contribution in [2.75, 3.05) is 25.0 Å². The van der Waals surface area contributed by atoms with E-state index < -0.39 is 10.0 Å². The normalized spacial score (nSPS) is 15.3. The smallest absolute Gasteiger partial charge is 0.243 e. The molecule has 0 N–H and O–H groups in total. The molecule has 5 nitrogen and oxygen atoms in total. The lowest BCUT2D eigenvalue weighted by Crippen LogP contribution is -2.35. The zero-order valence-corrected chi connectivity index (χ0v) is 18.3. The fourth-order valence-electron chi connectivity index (χ4n) is 3.79. The molecule has 0 unspecified atom stereocenters. The summed E-state index contributed by atoms with van der Waals surface area (Å²) in [6.45, 7) is 5.25. The van der Waals surface area contributed by atoms with Crippen LogP contribution in [0.4, 0.5) is 5.69 Å². The average molecular weight is 415 g/mol. The summed E-state index contributed by atoms with van der Waals surface area (Å²) in [5, 5.41) is 0. The first-order chi connectivity index (χ1) is 13.8. The molecule has 6 heteroatoms. The van der Waals surface area contributed by atoms with E-state index in [9.17, 15) is 13.2 Å². The maximum atomic E-state index is 12.7. The molecule has 0 radical (unpaired) electrons. The van der Waals surface area contributed by atoms with Crippen molar-refractivity contribution in [1.82, 2.24) is 4.31 Å². The number of anilines is 1. The van der Waals surface area contributed by atoms with Crippen LogP contribution in [0.3, 0.4) is 0 Å². The standard InChI is InChI=1S/C23H30N2O3S/c1-18-15-19(2)17-21(16-18)24(3)23(26)12-9-20-7-10-22(11-8-20)29(27,28)25-13-5-4-6-14-25/h7-8,10-11,15-17H,4-6,9,12-14H2,1-3H3. The van der Waals surface area contributed by atoms with Crippen LogP contribution in [0.1, 0.15) is 42.4 Å². The Labute approximate surface area is 174 Å². The van der Waals surface area contributed by atoms with Crippen LogP contribution in [0, 0.1) is 13.8 Å². The summed E-state index contributed by atoms with van der Waals surface area (Å²) in [7, 11) is -1.61. The predicted molar refractivity (Wildman–Crippen MR) is 117 cm³/mol. The molecular weight excluding hydrogens is 384 g/mol. The lowest BCUT2D eigenvalue weighted by atomic mass is 10.1. The molecule has 1 saturated heterocycles. The summed E-state index contributed by atoms with van der Waals surface area (Å²) in [5.74, 6) is 0.0417. The van der Waals surface area contributed by atoms with E-state index in [0.717, 1.165) is 41.6 Å². The van der Waals surface area contributed by atoms with E-state index in [0.29, 0.717) is 30.8 Å². The highest BCUT2D eigenvalue weighted by Crippen LogP contribution is 2.22. The van der Waals surface area contributed by atoms with Gasteiger partial charge >= 0.3 is 0 Å². The van der Waals surface area contributed by atoms with E-state index in [1.807, 2.05) is 38.1 Å². The van der Waals surface area contributed by atoms with Gasteiger partial charge in [0.05, 0.1) is 4.90 Å². The van der Waals surface area contributed by atoms with Crippen molar-refractivity contribution in [2.45, 2.75) is 50.8 Å². The second kappa shape index (κ2) is 9.09. The van der Waals surface area contributed by atoms with Gasteiger partial charge in [0, 0.05) is 32.2 Å². The average Bonchev–Trinajstić information content (AvgIpc) is 2.71. The summed E-state index contributed by atoms with van der Waals surface area (Å²) in [6, 6.07) is 13.1. The molecule has 156 valence electrons. The number of nitrogens with zero attached hydrogens (tertiary/aromatic N) is 2. The Balaban J connectivity index is 1.61. The molecule has 2 aromatic rings. The van der Waals surface area contributed by atoms with Crippen molar-refractivity contribution in [2.24, 2.45) is 0 Å². The third kappa shape index (κ3) is 5.25. The van der Waals surface area contributed by atoms with Crippen molar-refractivity contribution in [3.05, 3.63) is 59.2 Å². The molecule has 1 heterocycles. The van der Waals surface area contributed by atoms with Gasteiger partial charge in [0.15, 0.2) is 0 Å². The fourth-order valence-corrected chi connectivity index (χ4v) is 5.31. The number of aryl methyl sites for hydroxylation is 3. The van der Waals surface area contributed by atoms with Gasteiger partial charge in [-0.1, -0.05) is 24.6 Å². The van der Waals surface area contributed by atoms with E-state index in [2.05, 4.69) is 6.07 Å². The number of hydrogen-bond donors (Lipinski definition) is 0. The first-order valence-corrected chi connectivity index (χ1v) is 11.7. The number of amides is 1. The monoisotopic (exact) mass is 414 g/mol. The van der Waals surface area contributed by atoms with Gasteiger partial charge in [-0.05, 0) is 74.1 Å². The molecule has 3 rings (SSSR count). The molecule has 1 fully saturated rings. The highest BCUT2D eigenvalue weighted by Gasteiger charge is 2.25. The molecule has 2 aromatic carbocycles. The van der Waals surface area contributed by atoms with E-state index in [1.54, 1.807) is 28.4 Å². The maximum absolute atomic E-state index is 12.7. The first kappa shape index (κ1) is 21.5. The number of rotatable bonds is 6. The summed E-state index contributed by atoms with van der Waals surface area (Å²) in [5.41, 5.74) is 4.12. The van der Waals surface area contributed by atoms with E-state index in [4.69, 9.17) is 0 Å². The fraction of sp³-hybridized carbons (Fsp3) is 0.435. The molecule has 1 amide bonds. The van der Waals surface area contributed by atoms with Crippen LogP contribution in [-0.2, 0) is 21.2 Å². The molecule has 0 spiro atoms. The van der Waals surface area contributed by atoms with Gasteiger partial charge in [0.2, 0.25) is 15.9 Å². The summed E-state index contributed by atoms with van der Waals surface area (Å²) >= 11 is 0. The third-order valence-corrected chi connectivity index (χ3v) is 7.38. The van der Waals surface area contributed by atoms with Crippen LogP contribution in [0.5, 0.6) is 0 Å². The maximum Gasteiger partial charge on any atom is 0.243 e. The summed E-state index contributed by atoms with van der Waals surface area (Å²) in [4.78, 5) is 14.6. The van der Waals surface area contributed by atoms with Crippen LogP contribution < -0.4 is 4.90 Å². The van der Waals surface area contributed by atoms with Crippen LogP contribution >= 0.6 is 0 Å². The number of benzene rings is 2. The minimum Gasteiger partial charge on any atom is -0.315 e.